The van der Waals surface area contributed by atoms with Crippen LogP contribution in [0.3, 0.4) is 0 Å². The Morgan fingerprint density at radius 3 is 2.87 bits per heavy atom. The highest BCUT2D eigenvalue weighted by molar-refractivity contribution is 5.67. The maximum Gasteiger partial charge on any atom is 0.303 e. The summed E-state index contributed by atoms with van der Waals surface area (Å²) in [6, 6.07) is 0. The fraction of sp³-hybridized carbons (Fsp3) is 0.750. The smallest absolute Gasteiger partial charge is 0.303 e. The summed E-state index contributed by atoms with van der Waals surface area (Å²) in [5.74, 6) is -0.433. The molecule has 86 valence electrons. The van der Waals surface area contributed by atoms with Crippen LogP contribution in [0.2, 0.25) is 0 Å². The number of rotatable bonds is 4. The van der Waals surface area contributed by atoms with Gasteiger partial charge in [-0.1, -0.05) is 19.9 Å². The molecule has 1 N–H and O–H groups in total. The van der Waals surface area contributed by atoms with Crippen molar-refractivity contribution in [2.75, 3.05) is 19.6 Å². The second-order valence-corrected chi connectivity index (χ2v) is 5.08. The predicted molar refractivity (Wildman–Crippen MR) is 60.8 cm³/mol. The standard InChI is InChI=1S/C12H21NO2/c1-4-6-13-7-5-12(2,3)10(9-13)8-11(14)15/h4,10H,1,5-9H2,2-3H3,(H,14,15). The Hall–Kier alpha value is -0.830. The number of carboxylic acids is 1. The van der Waals surface area contributed by atoms with Gasteiger partial charge in [-0.25, -0.2) is 0 Å². The molecule has 1 atom stereocenters. The number of carbonyl (C=O) groups is 1. The quantitative estimate of drug-likeness (QED) is 0.723. The van der Waals surface area contributed by atoms with Crippen LogP contribution in [-0.2, 0) is 4.79 Å². The molecule has 15 heavy (non-hydrogen) atoms. The van der Waals surface area contributed by atoms with E-state index in [1.165, 1.54) is 0 Å². The van der Waals surface area contributed by atoms with Crippen molar-refractivity contribution in [1.29, 1.82) is 0 Å². The van der Waals surface area contributed by atoms with E-state index in [1.807, 2.05) is 6.08 Å². The van der Waals surface area contributed by atoms with E-state index in [0.29, 0.717) is 0 Å². The Balaban J connectivity index is 2.61. The molecule has 0 aliphatic carbocycles. The number of carboxylic acid groups (broad SMARTS) is 1. The van der Waals surface area contributed by atoms with Gasteiger partial charge < -0.3 is 5.11 Å². The molecule has 1 unspecified atom stereocenters. The lowest BCUT2D eigenvalue weighted by Crippen LogP contribution is -2.45. The highest BCUT2D eigenvalue weighted by atomic mass is 16.4. The number of aliphatic carboxylic acids is 1. The summed E-state index contributed by atoms with van der Waals surface area (Å²) in [5, 5.41) is 8.88. The van der Waals surface area contributed by atoms with Crippen molar-refractivity contribution in [2.24, 2.45) is 11.3 Å². The largest absolute Gasteiger partial charge is 0.481 e. The van der Waals surface area contributed by atoms with Gasteiger partial charge in [0.05, 0.1) is 0 Å². The van der Waals surface area contributed by atoms with E-state index in [4.69, 9.17) is 5.11 Å². The van der Waals surface area contributed by atoms with Gasteiger partial charge in [0.1, 0.15) is 0 Å². The predicted octanol–water partition coefficient (Wildman–Crippen LogP) is 2.00. The Morgan fingerprint density at radius 2 is 2.33 bits per heavy atom. The minimum absolute atomic E-state index is 0.149. The summed E-state index contributed by atoms with van der Waals surface area (Å²) in [6.45, 7) is 10.9. The Bertz CT molecular complexity index is 248. The van der Waals surface area contributed by atoms with E-state index in [9.17, 15) is 4.79 Å². The van der Waals surface area contributed by atoms with Crippen molar-refractivity contribution in [3.63, 3.8) is 0 Å². The monoisotopic (exact) mass is 211 g/mol. The summed E-state index contributed by atoms with van der Waals surface area (Å²) < 4.78 is 0. The lowest BCUT2D eigenvalue weighted by Gasteiger charge is -2.43. The lowest BCUT2D eigenvalue weighted by atomic mass is 9.72. The van der Waals surface area contributed by atoms with Gasteiger partial charge in [0, 0.05) is 19.5 Å². The third-order valence-electron chi connectivity index (χ3n) is 3.46. The first-order valence-electron chi connectivity index (χ1n) is 5.51. The first kappa shape index (κ1) is 12.2. The van der Waals surface area contributed by atoms with Gasteiger partial charge in [-0.15, -0.1) is 6.58 Å². The van der Waals surface area contributed by atoms with Crippen LogP contribution in [0.15, 0.2) is 12.7 Å². The lowest BCUT2D eigenvalue weighted by molar-refractivity contribution is -0.140. The molecule has 3 nitrogen and oxygen atoms in total. The molecule has 0 aromatic rings. The van der Waals surface area contributed by atoms with Crippen molar-refractivity contribution in [3.8, 4) is 0 Å². The number of piperidine rings is 1. The van der Waals surface area contributed by atoms with Crippen LogP contribution >= 0.6 is 0 Å². The normalized spacial score (nSPS) is 26.1. The fourth-order valence-corrected chi connectivity index (χ4v) is 2.20. The van der Waals surface area contributed by atoms with Crippen molar-refractivity contribution in [1.82, 2.24) is 4.90 Å². The summed E-state index contributed by atoms with van der Waals surface area (Å²) in [5.41, 5.74) is 0.149. The van der Waals surface area contributed by atoms with Crippen LogP contribution in [0.4, 0.5) is 0 Å². The maximum atomic E-state index is 10.8. The Labute approximate surface area is 91.8 Å². The van der Waals surface area contributed by atoms with E-state index in [-0.39, 0.29) is 17.8 Å². The van der Waals surface area contributed by atoms with Gasteiger partial charge in [-0.3, -0.25) is 9.69 Å². The van der Waals surface area contributed by atoms with Gasteiger partial charge in [-0.2, -0.15) is 0 Å². The average molecular weight is 211 g/mol. The van der Waals surface area contributed by atoms with Crippen molar-refractivity contribution < 1.29 is 9.90 Å². The van der Waals surface area contributed by atoms with E-state index in [2.05, 4.69) is 25.3 Å². The van der Waals surface area contributed by atoms with Gasteiger partial charge in [-0.05, 0) is 24.3 Å². The molecule has 1 saturated heterocycles. The zero-order valence-electron chi connectivity index (χ0n) is 9.70. The van der Waals surface area contributed by atoms with Crippen molar-refractivity contribution in [3.05, 3.63) is 12.7 Å². The zero-order valence-corrected chi connectivity index (χ0v) is 9.70. The van der Waals surface area contributed by atoms with E-state index >= 15 is 0 Å². The van der Waals surface area contributed by atoms with Crippen LogP contribution in [-0.4, -0.2) is 35.6 Å². The third-order valence-corrected chi connectivity index (χ3v) is 3.46. The topological polar surface area (TPSA) is 40.5 Å². The summed E-state index contributed by atoms with van der Waals surface area (Å²) in [6.07, 6.45) is 3.23. The van der Waals surface area contributed by atoms with Crippen LogP contribution in [0, 0.1) is 11.3 Å². The highest BCUT2D eigenvalue weighted by Gasteiger charge is 2.36. The second kappa shape index (κ2) is 4.79. The van der Waals surface area contributed by atoms with E-state index < -0.39 is 5.97 Å². The molecule has 3 heteroatoms. The van der Waals surface area contributed by atoms with E-state index in [1.54, 1.807) is 0 Å². The molecular formula is C12H21NO2. The van der Waals surface area contributed by atoms with Gasteiger partial charge in [0.2, 0.25) is 0 Å². The molecule has 0 bridgehead atoms. The summed E-state index contributed by atoms with van der Waals surface area (Å²) >= 11 is 0. The first-order valence-corrected chi connectivity index (χ1v) is 5.51. The molecule has 0 radical (unpaired) electrons. The second-order valence-electron chi connectivity index (χ2n) is 5.08. The molecule has 0 aromatic heterocycles. The summed E-state index contributed by atoms with van der Waals surface area (Å²) in [4.78, 5) is 13.1. The fourth-order valence-electron chi connectivity index (χ4n) is 2.20. The first-order chi connectivity index (χ1) is 6.95. The van der Waals surface area contributed by atoms with Gasteiger partial charge >= 0.3 is 5.97 Å². The molecule has 1 aliphatic rings. The number of nitrogens with zero attached hydrogens (tertiary/aromatic N) is 1. The maximum absolute atomic E-state index is 10.8. The molecule has 1 rings (SSSR count). The molecule has 1 aliphatic heterocycles. The minimum Gasteiger partial charge on any atom is -0.481 e. The van der Waals surface area contributed by atoms with Gasteiger partial charge in [0.25, 0.3) is 0 Å². The SMILES string of the molecule is C=CCN1CCC(C)(C)C(CC(=O)O)C1. The van der Waals surface area contributed by atoms with E-state index in [0.717, 1.165) is 26.1 Å². The molecule has 0 saturated carbocycles. The van der Waals surface area contributed by atoms with Crippen LogP contribution in [0.1, 0.15) is 26.7 Å². The molecule has 0 spiro atoms. The molecule has 0 amide bonds. The number of hydrogen-bond donors (Lipinski definition) is 1. The molecular weight excluding hydrogens is 190 g/mol. The zero-order chi connectivity index (χ0) is 11.5. The minimum atomic E-state index is -0.687. The Morgan fingerprint density at radius 1 is 1.67 bits per heavy atom. The third kappa shape index (κ3) is 3.34. The summed E-state index contributed by atoms with van der Waals surface area (Å²) in [7, 11) is 0. The average Bonchev–Trinajstić information content (AvgIpc) is 2.11. The van der Waals surface area contributed by atoms with Crippen molar-refractivity contribution >= 4 is 5.97 Å². The number of likely N-dealkylation sites (tertiary alicyclic amines) is 1. The number of hydrogen-bond acceptors (Lipinski definition) is 2. The van der Waals surface area contributed by atoms with Crippen LogP contribution in [0.5, 0.6) is 0 Å². The Kier molecular flexibility index (Phi) is 3.91. The highest BCUT2D eigenvalue weighted by Crippen LogP contribution is 2.37. The molecule has 1 fully saturated rings. The van der Waals surface area contributed by atoms with Gasteiger partial charge in [0.15, 0.2) is 0 Å². The van der Waals surface area contributed by atoms with Crippen LogP contribution < -0.4 is 0 Å². The van der Waals surface area contributed by atoms with Crippen LogP contribution in [0.25, 0.3) is 0 Å². The molecule has 0 aromatic carbocycles. The molecule has 1 heterocycles. The van der Waals surface area contributed by atoms with Crippen molar-refractivity contribution in [2.45, 2.75) is 26.7 Å².